The molecule has 0 spiro atoms. The van der Waals surface area contributed by atoms with Crippen molar-refractivity contribution < 1.29 is 19.8 Å². The average Bonchev–Trinajstić information content (AvgIpc) is 3.65. The van der Waals surface area contributed by atoms with Crippen LogP contribution in [0.15, 0.2) is 52.4 Å². The molecule has 9 nitrogen and oxygen atoms in total. The highest BCUT2D eigenvalue weighted by Crippen LogP contribution is 2.40. The number of aromatic hydroxyl groups is 2. The van der Waals surface area contributed by atoms with Gasteiger partial charge < -0.3 is 26.2 Å². The number of urea groups is 1. The van der Waals surface area contributed by atoms with E-state index in [1.807, 2.05) is 23.9 Å². The predicted octanol–water partition coefficient (Wildman–Crippen LogP) is 10.2. The van der Waals surface area contributed by atoms with Gasteiger partial charge in [-0.1, -0.05) is 108 Å². The molecule has 10 heteroatoms. The Kier molecular flexibility index (Phi) is 13.0. The molecule has 5 N–H and O–H groups in total. The molecule has 0 saturated carbocycles. The van der Waals surface area contributed by atoms with Crippen LogP contribution in [0.4, 0.5) is 16.2 Å². The molecule has 5 rings (SSSR count). The van der Waals surface area contributed by atoms with E-state index in [9.17, 15) is 19.8 Å². The number of carbonyl (C=O) groups is 2. The van der Waals surface area contributed by atoms with Gasteiger partial charge in [0.1, 0.15) is 11.5 Å². The molecule has 57 heavy (non-hydrogen) atoms. The number of benzene rings is 3. The Labute approximate surface area is 345 Å². The molecule has 0 aromatic heterocycles. The third kappa shape index (κ3) is 10.8. The first-order valence-corrected chi connectivity index (χ1v) is 21.4. The van der Waals surface area contributed by atoms with Crippen molar-refractivity contribution in [2.75, 3.05) is 12.3 Å². The molecule has 3 aromatic carbocycles. The van der Waals surface area contributed by atoms with Crippen LogP contribution in [0.5, 0.6) is 11.5 Å². The van der Waals surface area contributed by atoms with Crippen LogP contribution in [0.3, 0.4) is 0 Å². The van der Waals surface area contributed by atoms with Crippen LogP contribution in [0.2, 0.25) is 0 Å². The highest BCUT2D eigenvalue weighted by molar-refractivity contribution is 8.00. The summed E-state index contributed by atoms with van der Waals surface area (Å²) in [6.45, 7) is 25.9. The van der Waals surface area contributed by atoms with Crippen molar-refractivity contribution in [3.8, 4) is 11.5 Å². The SMILES string of the molecule is CC(C)(C)c1cc(C=Nc2ccc(C(=O)NCCCCC[C@@H]3SC[C@@H]4NC(=O)N[C@@H]43)cc2N=Cc2cc(C(C)(C)C)cc(C(C)(C)C)c2O)c(O)c(C(C)(C)C)c1. The number of phenols is 2. The molecule has 2 heterocycles. The van der Waals surface area contributed by atoms with Crippen molar-refractivity contribution in [2.45, 2.75) is 148 Å². The first-order valence-electron chi connectivity index (χ1n) is 20.4. The molecule has 3 amide bonds. The normalized spacial score (nSPS) is 18.9. The molecule has 0 bridgehead atoms. The largest absolute Gasteiger partial charge is 0.507 e. The van der Waals surface area contributed by atoms with E-state index in [1.54, 1.807) is 30.6 Å². The number of nitrogens with zero attached hydrogens (tertiary/aromatic N) is 2. The number of amides is 3. The number of carbonyl (C=O) groups excluding carboxylic acids is 2. The van der Waals surface area contributed by atoms with Crippen molar-refractivity contribution in [1.82, 2.24) is 16.0 Å². The van der Waals surface area contributed by atoms with E-state index in [0.717, 1.165) is 53.7 Å². The number of thioether (sulfide) groups is 1. The lowest BCUT2D eigenvalue weighted by Gasteiger charge is -2.27. The maximum Gasteiger partial charge on any atom is 0.315 e. The minimum absolute atomic E-state index is 0.0610. The average molecular weight is 796 g/mol. The lowest BCUT2D eigenvalue weighted by atomic mass is 9.79. The van der Waals surface area contributed by atoms with E-state index in [0.29, 0.717) is 39.9 Å². The van der Waals surface area contributed by atoms with Gasteiger partial charge in [-0.2, -0.15) is 11.8 Å². The molecule has 2 saturated heterocycles. The van der Waals surface area contributed by atoms with Gasteiger partial charge in [-0.3, -0.25) is 14.8 Å². The number of rotatable bonds is 11. The van der Waals surface area contributed by atoms with Gasteiger partial charge in [-0.25, -0.2) is 4.79 Å². The number of unbranched alkanes of at least 4 members (excludes halogenated alkanes) is 2. The lowest BCUT2D eigenvalue weighted by Crippen LogP contribution is -2.36. The van der Waals surface area contributed by atoms with Crippen LogP contribution in [-0.2, 0) is 21.7 Å². The molecule has 308 valence electrons. The van der Waals surface area contributed by atoms with Crippen LogP contribution in [0.25, 0.3) is 0 Å². The van der Waals surface area contributed by atoms with Crippen LogP contribution >= 0.6 is 11.8 Å². The molecule has 2 aliphatic rings. The summed E-state index contributed by atoms with van der Waals surface area (Å²) in [6.07, 6.45) is 7.22. The number of hydrogen-bond donors (Lipinski definition) is 5. The monoisotopic (exact) mass is 795 g/mol. The number of fused-ring (bicyclic) bond motifs is 1. The van der Waals surface area contributed by atoms with Crippen LogP contribution < -0.4 is 16.0 Å². The van der Waals surface area contributed by atoms with E-state index >= 15 is 0 Å². The second kappa shape index (κ2) is 16.9. The van der Waals surface area contributed by atoms with Crippen LogP contribution in [0, 0.1) is 0 Å². The minimum Gasteiger partial charge on any atom is -0.507 e. The summed E-state index contributed by atoms with van der Waals surface area (Å²) < 4.78 is 0. The lowest BCUT2D eigenvalue weighted by molar-refractivity contribution is 0.0953. The zero-order chi connectivity index (χ0) is 42.1. The maximum atomic E-state index is 13.5. The van der Waals surface area contributed by atoms with Crippen molar-refractivity contribution in [3.05, 3.63) is 81.4 Å². The second-order valence-electron chi connectivity index (χ2n) is 19.9. The highest BCUT2D eigenvalue weighted by atomic mass is 32.2. The molecule has 0 aliphatic carbocycles. The highest BCUT2D eigenvalue weighted by Gasteiger charge is 2.42. The van der Waals surface area contributed by atoms with E-state index in [2.05, 4.69) is 111 Å². The Bertz CT molecular complexity index is 2030. The van der Waals surface area contributed by atoms with E-state index in [4.69, 9.17) is 9.98 Å². The third-order valence-electron chi connectivity index (χ3n) is 10.9. The van der Waals surface area contributed by atoms with Crippen molar-refractivity contribution in [2.24, 2.45) is 9.98 Å². The topological polar surface area (TPSA) is 135 Å². The first-order chi connectivity index (χ1) is 26.4. The summed E-state index contributed by atoms with van der Waals surface area (Å²) in [5.74, 6) is 1.11. The Morgan fingerprint density at radius 2 is 1.28 bits per heavy atom. The summed E-state index contributed by atoms with van der Waals surface area (Å²) >= 11 is 1.92. The van der Waals surface area contributed by atoms with Crippen molar-refractivity contribution >= 4 is 47.5 Å². The van der Waals surface area contributed by atoms with Crippen molar-refractivity contribution in [3.63, 3.8) is 0 Å². The number of nitrogens with one attached hydrogen (secondary N) is 3. The number of phenolic OH excluding ortho intramolecular Hbond substituents is 2. The molecule has 3 aromatic rings. The number of aliphatic imine (C=N–C) groups is 2. The Morgan fingerprint density at radius 1 is 0.737 bits per heavy atom. The predicted molar refractivity (Wildman–Crippen MR) is 238 cm³/mol. The van der Waals surface area contributed by atoms with Gasteiger partial charge in [0.05, 0.1) is 23.5 Å². The number of hydrogen-bond acceptors (Lipinski definition) is 7. The standard InChI is InChI=1S/C47H65N5O4S/c1-44(2,3)31-20-29(40(53)33(23-31)46(7,8)9)25-49-35-18-17-28(42(55)48-19-15-13-14-16-38-39-37(27-57-38)51-43(56)52-39)22-36(35)50-26-30-21-32(45(4,5)6)24-34(41(30)54)47(10,11)12/h17-18,20-26,37-39,53-54H,13-16,19,27H2,1-12H3,(H,48,55)(H2,51,52,56)/t37-,38-,39-/m0/s1. The summed E-state index contributed by atoms with van der Waals surface area (Å²) in [5, 5.41) is 32.5. The first kappa shape index (κ1) is 43.8. The minimum atomic E-state index is -0.305. The summed E-state index contributed by atoms with van der Waals surface area (Å²) in [7, 11) is 0. The molecule has 2 aliphatic heterocycles. The quantitative estimate of drug-likeness (QED) is 0.0748. The molecular formula is C47H65N5O4S. The fourth-order valence-electron chi connectivity index (χ4n) is 7.27. The zero-order valence-corrected chi connectivity index (χ0v) is 37.0. The summed E-state index contributed by atoms with van der Waals surface area (Å²) in [6, 6.07) is 13.8. The fraction of sp³-hybridized carbons (Fsp3) is 0.532. The van der Waals surface area contributed by atoms with Gasteiger partial charge in [0.25, 0.3) is 5.91 Å². The molecule has 3 atom stereocenters. The molecule has 2 fully saturated rings. The van der Waals surface area contributed by atoms with Gasteiger partial charge in [-0.05, 0) is 76.0 Å². The summed E-state index contributed by atoms with van der Waals surface area (Å²) in [5.41, 5.74) is 5.55. The third-order valence-corrected chi connectivity index (χ3v) is 12.4. The Hall–Kier alpha value is -4.31. The molecular weight excluding hydrogens is 731 g/mol. The van der Waals surface area contributed by atoms with E-state index < -0.39 is 0 Å². The maximum absolute atomic E-state index is 13.5. The fourth-order valence-corrected chi connectivity index (χ4v) is 8.81. The van der Waals surface area contributed by atoms with E-state index in [1.165, 1.54) is 0 Å². The van der Waals surface area contributed by atoms with Crippen LogP contribution in [0.1, 0.15) is 153 Å². The Balaban J connectivity index is 1.42. The van der Waals surface area contributed by atoms with Gasteiger partial charge in [0.15, 0.2) is 0 Å². The molecule has 0 radical (unpaired) electrons. The van der Waals surface area contributed by atoms with Gasteiger partial charge in [-0.15, -0.1) is 0 Å². The second-order valence-corrected chi connectivity index (χ2v) is 21.1. The van der Waals surface area contributed by atoms with Gasteiger partial charge in [0.2, 0.25) is 0 Å². The molecule has 0 unspecified atom stereocenters. The van der Waals surface area contributed by atoms with Crippen molar-refractivity contribution in [1.29, 1.82) is 0 Å². The smallest absolute Gasteiger partial charge is 0.315 e. The Morgan fingerprint density at radius 3 is 1.81 bits per heavy atom. The zero-order valence-electron chi connectivity index (χ0n) is 36.2. The van der Waals surface area contributed by atoms with Gasteiger partial charge >= 0.3 is 6.03 Å². The van der Waals surface area contributed by atoms with E-state index in [-0.39, 0.29) is 57.2 Å². The van der Waals surface area contributed by atoms with Crippen LogP contribution in [-0.4, -0.2) is 64.2 Å². The summed E-state index contributed by atoms with van der Waals surface area (Å²) in [4.78, 5) is 35.0. The van der Waals surface area contributed by atoms with Gasteiger partial charge in [0, 0.05) is 57.8 Å².